The number of ether oxygens (including phenoxy) is 1. The second-order valence-electron chi connectivity index (χ2n) is 3.65. The third-order valence-electron chi connectivity index (χ3n) is 2.23. The van der Waals surface area contributed by atoms with E-state index in [0.29, 0.717) is 25.1 Å². The Kier molecular flexibility index (Phi) is 5.20. The fraction of sp³-hybridized carbons (Fsp3) is 0.385. The average molecular weight is 235 g/mol. The van der Waals surface area contributed by atoms with Gasteiger partial charge in [0.05, 0.1) is 12.2 Å². The molecule has 1 amide bonds. The minimum absolute atomic E-state index is 0.0495. The summed E-state index contributed by atoms with van der Waals surface area (Å²) in [5.41, 5.74) is 1.55. The highest BCUT2D eigenvalue weighted by Crippen LogP contribution is 2.07. The van der Waals surface area contributed by atoms with Gasteiger partial charge in [0.1, 0.15) is 0 Å². The van der Waals surface area contributed by atoms with Crippen molar-refractivity contribution >= 4 is 11.9 Å². The Balaban J connectivity index is 2.59. The number of carbonyl (C=O) groups is 2. The summed E-state index contributed by atoms with van der Waals surface area (Å²) in [5.74, 6) is -0.361. The molecule has 0 aliphatic rings. The molecule has 0 bridgehead atoms. The lowest BCUT2D eigenvalue weighted by Gasteiger charge is -2.05. The molecule has 0 unspecified atom stereocenters. The highest BCUT2D eigenvalue weighted by molar-refractivity contribution is 5.89. The van der Waals surface area contributed by atoms with Gasteiger partial charge in [-0.25, -0.2) is 4.79 Å². The zero-order chi connectivity index (χ0) is 12.7. The van der Waals surface area contributed by atoms with Crippen LogP contribution in [0.5, 0.6) is 0 Å². The first-order valence-electron chi connectivity index (χ1n) is 5.64. The molecule has 0 atom stereocenters. The van der Waals surface area contributed by atoms with Gasteiger partial charge in [0.25, 0.3) is 0 Å². The van der Waals surface area contributed by atoms with Crippen molar-refractivity contribution < 1.29 is 14.3 Å². The number of carbonyl (C=O) groups excluding carboxylic acids is 2. The Morgan fingerprint density at radius 3 is 2.76 bits per heavy atom. The summed E-state index contributed by atoms with van der Waals surface area (Å²) in [5, 5.41) is 2.71. The van der Waals surface area contributed by atoms with Crippen LogP contribution >= 0.6 is 0 Å². The van der Waals surface area contributed by atoms with Crippen LogP contribution in [0.15, 0.2) is 24.3 Å². The Bertz CT molecular complexity index is 401. The third kappa shape index (κ3) is 4.68. The molecule has 0 saturated heterocycles. The predicted octanol–water partition coefficient (Wildman–Crippen LogP) is 1.54. The molecule has 1 aromatic rings. The van der Waals surface area contributed by atoms with Crippen molar-refractivity contribution in [2.24, 2.45) is 0 Å². The number of esters is 1. The van der Waals surface area contributed by atoms with Gasteiger partial charge >= 0.3 is 5.97 Å². The number of hydrogen-bond acceptors (Lipinski definition) is 3. The van der Waals surface area contributed by atoms with E-state index < -0.39 is 0 Å². The van der Waals surface area contributed by atoms with Crippen LogP contribution in [0.3, 0.4) is 0 Å². The second-order valence-corrected chi connectivity index (χ2v) is 3.65. The summed E-state index contributed by atoms with van der Waals surface area (Å²) in [6.07, 6.45) is 0.701. The Morgan fingerprint density at radius 2 is 2.12 bits per heavy atom. The van der Waals surface area contributed by atoms with Crippen molar-refractivity contribution in [2.75, 3.05) is 13.2 Å². The highest BCUT2D eigenvalue weighted by Gasteiger charge is 2.06. The number of rotatable bonds is 5. The smallest absolute Gasteiger partial charge is 0.338 e. The van der Waals surface area contributed by atoms with E-state index in [0.717, 1.165) is 5.56 Å². The van der Waals surface area contributed by atoms with Crippen LogP contribution in [0.4, 0.5) is 0 Å². The molecule has 92 valence electrons. The summed E-state index contributed by atoms with van der Waals surface area (Å²) < 4.78 is 4.92. The summed E-state index contributed by atoms with van der Waals surface area (Å²) in [6.45, 7) is 4.20. The topological polar surface area (TPSA) is 55.4 Å². The fourth-order valence-corrected chi connectivity index (χ4v) is 1.45. The molecule has 0 fully saturated rings. The molecule has 0 aliphatic heterocycles. The molecular formula is C13H17NO3. The SMILES string of the molecule is CCOC(=O)c1cccc(CCNC(C)=O)c1. The lowest BCUT2D eigenvalue weighted by molar-refractivity contribution is -0.118. The molecule has 4 heteroatoms. The molecule has 1 aromatic carbocycles. The summed E-state index contributed by atoms with van der Waals surface area (Å²) in [6, 6.07) is 7.25. The largest absolute Gasteiger partial charge is 0.462 e. The van der Waals surface area contributed by atoms with Crippen molar-refractivity contribution in [3.05, 3.63) is 35.4 Å². The zero-order valence-corrected chi connectivity index (χ0v) is 10.2. The van der Waals surface area contributed by atoms with E-state index in [-0.39, 0.29) is 11.9 Å². The molecule has 0 heterocycles. The lowest BCUT2D eigenvalue weighted by atomic mass is 10.1. The first-order chi connectivity index (χ1) is 8.13. The molecule has 0 spiro atoms. The molecule has 0 aromatic heterocycles. The van der Waals surface area contributed by atoms with E-state index in [4.69, 9.17) is 4.74 Å². The Hall–Kier alpha value is -1.84. The van der Waals surface area contributed by atoms with Crippen LogP contribution in [0.2, 0.25) is 0 Å². The van der Waals surface area contributed by atoms with Crippen LogP contribution in [-0.4, -0.2) is 25.0 Å². The summed E-state index contributed by atoms with van der Waals surface area (Å²) in [7, 11) is 0. The van der Waals surface area contributed by atoms with Crippen LogP contribution in [0.1, 0.15) is 29.8 Å². The van der Waals surface area contributed by atoms with Gasteiger partial charge in [0.15, 0.2) is 0 Å². The number of amides is 1. The van der Waals surface area contributed by atoms with Gasteiger partial charge in [0.2, 0.25) is 5.91 Å². The van der Waals surface area contributed by atoms with Crippen molar-refractivity contribution in [1.82, 2.24) is 5.32 Å². The molecule has 4 nitrogen and oxygen atoms in total. The number of benzene rings is 1. The second kappa shape index (κ2) is 6.68. The molecular weight excluding hydrogens is 218 g/mol. The third-order valence-corrected chi connectivity index (χ3v) is 2.23. The van der Waals surface area contributed by atoms with Crippen LogP contribution in [0, 0.1) is 0 Å². The average Bonchev–Trinajstić information content (AvgIpc) is 2.29. The van der Waals surface area contributed by atoms with Gasteiger partial charge in [-0.15, -0.1) is 0 Å². The standard InChI is InChI=1S/C13H17NO3/c1-3-17-13(16)12-6-4-5-11(9-12)7-8-14-10(2)15/h4-6,9H,3,7-8H2,1-2H3,(H,14,15). The van der Waals surface area contributed by atoms with E-state index in [1.54, 1.807) is 19.1 Å². The van der Waals surface area contributed by atoms with Gasteiger partial charge in [0, 0.05) is 13.5 Å². The van der Waals surface area contributed by atoms with Crippen molar-refractivity contribution in [3.63, 3.8) is 0 Å². The predicted molar refractivity (Wildman–Crippen MR) is 64.8 cm³/mol. The van der Waals surface area contributed by atoms with E-state index in [9.17, 15) is 9.59 Å². The van der Waals surface area contributed by atoms with E-state index in [2.05, 4.69) is 5.32 Å². The highest BCUT2D eigenvalue weighted by atomic mass is 16.5. The van der Waals surface area contributed by atoms with Crippen molar-refractivity contribution in [3.8, 4) is 0 Å². The first-order valence-corrected chi connectivity index (χ1v) is 5.64. The quantitative estimate of drug-likeness (QED) is 0.788. The van der Waals surface area contributed by atoms with Gasteiger partial charge in [-0.2, -0.15) is 0 Å². The number of hydrogen-bond donors (Lipinski definition) is 1. The van der Waals surface area contributed by atoms with Crippen LogP contribution < -0.4 is 5.32 Å². The van der Waals surface area contributed by atoms with Gasteiger partial charge in [-0.3, -0.25) is 4.79 Å². The normalized spacial score (nSPS) is 9.76. The molecule has 1 N–H and O–H groups in total. The maximum absolute atomic E-state index is 11.5. The van der Waals surface area contributed by atoms with Gasteiger partial charge < -0.3 is 10.1 Å². The molecule has 0 saturated carbocycles. The van der Waals surface area contributed by atoms with Gasteiger partial charge in [-0.1, -0.05) is 12.1 Å². The minimum atomic E-state index is -0.311. The molecule has 0 aliphatic carbocycles. The maximum Gasteiger partial charge on any atom is 0.338 e. The summed E-state index contributed by atoms with van der Waals surface area (Å²) >= 11 is 0. The van der Waals surface area contributed by atoms with E-state index in [1.807, 2.05) is 12.1 Å². The first kappa shape index (κ1) is 13.2. The molecule has 1 rings (SSSR count). The van der Waals surface area contributed by atoms with Crippen molar-refractivity contribution in [1.29, 1.82) is 0 Å². The zero-order valence-electron chi connectivity index (χ0n) is 10.2. The van der Waals surface area contributed by atoms with E-state index >= 15 is 0 Å². The monoisotopic (exact) mass is 235 g/mol. The maximum atomic E-state index is 11.5. The van der Waals surface area contributed by atoms with Crippen molar-refractivity contribution in [2.45, 2.75) is 20.3 Å². The van der Waals surface area contributed by atoms with Crippen LogP contribution in [0.25, 0.3) is 0 Å². The number of nitrogens with one attached hydrogen (secondary N) is 1. The van der Waals surface area contributed by atoms with Gasteiger partial charge in [-0.05, 0) is 31.0 Å². The Labute approximate surface area is 101 Å². The Morgan fingerprint density at radius 1 is 1.35 bits per heavy atom. The minimum Gasteiger partial charge on any atom is -0.462 e. The molecule has 17 heavy (non-hydrogen) atoms. The fourth-order valence-electron chi connectivity index (χ4n) is 1.45. The van der Waals surface area contributed by atoms with Crippen LogP contribution in [-0.2, 0) is 16.0 Å². The molecule has 0 radical (unpaired) electrons. The van der Waals surface area contributed by atoms with E-state index in [1.165, 1.54) is 6.92 Å². The lowest BCUT2D eigenvalue weighted by Crippen LogP contribution is -2.22. The summed E-state index contributed by atoms with van der Waals surface area (Å²) in [4.78, 5) is 22.2.